The maximum Gasteiger partial charge on any atom is 0.419 e. The summed E-state index contributed by atoms with van der Waals surface area (Å²) in [5.74, 6) is -1.83. The first-order valence-corrected chi connectivity index (χ1v) is 6.13. The molecule has 0 amide bonds. The number of benzene rings is 2. The Bertz CT molecular complexity index is 649. The summed E-state index contributed by atoms with van der Waals surface area (Å²) in [5, 5.41) is 2.70. The molecular weight excluding hydrogens is 289 g/mol. The van der Waals surface area contributed by atoms with Gasteiger partial charge in [-0.3, -0.25) is 0 Å². The fourth-order valence-electron chi connectivity index (χ4n) is 1.87. The van der Waals surface area contributed by atoms with Crippen molar-refractivity contribution in [3.63, 3.8) is 0 Å². The molecule has 0 saturated heterocycles. The van der Waals surface area contributed by atoms with Gasteiger partial charge in [-0.2, -0.15) is 13.2 Å². The molecule has 0 spiro atoms. The minimum atomic E-state index is -4.76. The third-order valence-electron chi connectivity index (χ3n) is 2.94. The first-order valence-electron chi connectivity index (χ1n) is 6.13. The van der Waals surface area contributed by atoms with Gasteiger partial charge in [0.15, 0.2) is 0 Å². The molecule has 6 heteroatoms. The summed E-state index contributed by atoms with van der Waals surface area (Å²) in [6.45, 7) is 1.73. The van der Waals surface area contributed by atoms with E-state index in [2.05, 4.69) is 5.32 Å². The van der Waals surface area contributed by atoms with Gasteiger partial charge in [0.05, 0.1) is 11.3 Å². The van der Waals surface area contributed by atoms with Crippen LogP contribution in [0.2, 0.25) is 0 Å². The van der Waals surface area contributed by atoms with Crippen LogP contribution >= 0.6 is 0 Å². The van der Waals surface area contributed by atoms with Crippen molar-refractivity contribution < 1.29 is 22.0 Å². The van der Waals surface area contributed by atoms with Gasteiger partial charge in [-0.25, -0.2) is 8.78 Å². The van der Waals surface area contributed by atoms with Gasteiger partial charge < -0.3 is 5.32 Å². The standard InChI is InChI=1S/C15H12F5N/c1-9-2-4-13(17)14(6-9)21-8-10-3-5-12(16)11(7-10)15(18,19)20/h2-7,21H,8H2,1H3. The van der Waals surface area contributed by atoms with E-state index in [9.17, 15) is 22.0 Å². The summed E-state index contributed by atoms with van der Waals surface area (Å²) < 4.78 is 64.4. The van der Waals surface area contributed by atoms with Crippen LogP contribution in [0.15, 0.2) is 36.4 Å². The summed E-state index contributed by atoms with van der Waals surface area (Å²) in [6, 6.07) is 7.10. The van der Waals surface area contributed by atoms with Gasteiger partial charge in [-0.15, -0.1) is 0 Å². The summed E-state index contributed by atoms with van der Waals surface area (Å²) in [5.41, 5.74) is -0.113. The highest BCUT2D eigenvalue weighted by Gasteiger charge is 2.34. The molecule has 0 bridgehead atoms. The van der Waals surface area contributed by atoms with Crippen LogP contribution in [0.3, 0.4) is 0 Å². The average Bonchev–Trinajstić information content (AvgIpc) is 2.40. The Kier molecular flexibility index (Phi) is 4.16. The van der Waals surface area contributed by atoms with Crippen molar-refractivity contribution in [2.24, 2.45) is 0 Å². The van der Waals surface area contributed by atoms with E-state index in [1.165, 1.54) is 12.1 Å². The van der Waals surface area contributed by atoms with Crippen LogP contribution in [0.5, 0.6) is 0 Å². The largest absolute Gasteiger partial charge is 0.419 e. The molecule has 0 aliphatic carbocycles. The molecule has 1 nitrogen and oxygen atoms in total. The summed E-state index contributed by atoms with van der Waals surface area (Å²) in [6.07, 6.45) is -4.76. The monoisotopic (exact) mass is 301 g/mol. The highest BCUT2D eigenvalue weighted by molar-refractivity contribution is 5.47. The topological polar surface area (TPSA) is 12.0 Å². The molecule has 0 heterocycles. The number of hydrogen-bond donors (Lipinski definition) is 1. The van der Waals surface area contributed by atoms with Crippen LogP contribution in [0.1, 0.15) is 16.7 Å². The molecule has 0 saturated carbocycles. The van der Waals surface area contributed by atoms with Crippen molar-refractivity contribution in [1.29, 1.82) is 0 Å². The Labute approximate surface area is 118 Å². The smallest absolute Gasteiger partial charge is 0.379 e. The Hall–Kier alpha value is -2.11. The number of anilines is 1. The molecule has 0 atom stereocenters. The van der Waals surface area contributed by atoms with Gasteiger partial charge in [0.25, 0.3) is 0 Å². The van der Waals surface area contributed by atoms with E-state index in [-0.39, 0.29) is 17.8 Å². The summed E-state index contributed by atoms with van der Waals surface area (Å²) >= 11 is 0. The highest BCUT2D eigenvalue weighted by Crippen LogP contribution is 2.32. The fraction of sp³-hybridized carbons (Fsp3) is 0.200. The third kappa shape index (κ3) is 3.71. The van der Waals surface area contributed by atoms with Crippen LogP contribution in [0.25, 0.3) is 0 Å². The lowest BCUT2D eigenvalue weighted by molar-refractivity contribution is -0.140. The molecule has 2 aromatic carbocycles. The van der Waals surface area contributed by atoms with Crippen LogP contribution in [-0.4, -0.2) is 0 Å². The third-order valence-corrected chi connectivity index (χ3v) is 2.94. The van der Waals surface area contributed by atoms with E-state index in [1.54, 1.807) is 19.1 Å². The second-order valence-corrected chi connectivity index (χ2v) is 4.65. The summed E-state index contributed by atoms with van der Waals surface area (Å²) in [7, 11) is 0. The average molecular weight is 301 g/mol. The molecule has 0 fully saturated rings. The molecule has 1 N–H and O–H groups in total. The van der Waals surface area contributed by atoms with Gasteiger partial charge in [0, 0.05) is 6.54 Å². The van der Waals surface area contributed by atoms with E-state index >= 15 is 0 Å². The van der Waals surface area contributed by atoms with Crippen molar-refractivity contribution in [2.75, 3.05) is 5.32 Å². The second kappa shape index (κ2) is 5.71. The molecule has 2 rings (SSSR count). The second-order valence-electron chi connectivity index (χ2n) is 4.65. The first kappa shape index (κ1) is 15.3. The number of hydrogen-bond acceptors (Lipinski definition) is 1. The first-order chi connectivity index (χ1) is 9.77. The molecule has 21 heavy (non-hydrogen) atoms. The van der Waals surface area contributed by atoms with Crippen molar-refractivity contribution in [3.05, 3.63) is 64.7 Å². The molecule has 2 aromatic rings. The van der Waals surface area contributed by atoms with Crippen LogP contribution in [0, 0.1) is 18.6 Å². The van der Waals surface area contributed by atoms with Crippen LogP contribution < -0.4 is 5.32 Å². The normalized spacial score (nSPS) is 11.5. The summed E-state index contributed by atoms with van der Waals surface area (Å²) in [4.78, 5) is 0. The number of aryl methyl sites for hydroxylation is 1. The minimum Gasteiger partial charge on any atom is -0.379 e. The molecule has 0 aliphatic rings. The Morgan fingerprint density at radius 3 is 2.29 bits per heavy atom. The van der Waals surface area contributed by atoms with Crippen molar-refractivity contribution in [2.45, 2.75) is 19.6 Å². The van der Waals surface area contributed by atoms with Gasteiger partial charge in [-0.1, -0.05) is 12.1 Å². The fourth-order valence-corrected chi connectivity index (χ4v) is 1.87. The number of alkyl halides is 3. The van der Waals surface area contributed by atoms with E-state index < -0.39 is 23.4 Å². The van der Waals surface area contributed by atoms with Gasteiger partial charge in [0.2, 0.25) is 0 Å². The lowest BCUT2D eigenvalue weighted by Crippen LogP contribution is -2.10. The molecule has 0 aliphatic heterocycles. The van der Waals surface area contributed by atoms with E-state index in [0.717, 1.165) is 17.7 Å². The zero-order valence-electron chi connectivity index (χ0n) is 11.1. The number of rotatable bonds is 3. The van der Waals surface area contributed by atoms with Crippen LogP contribution in [0.4, 0.5) is 27.6 Å². The molecule has 112 valence electrons. The van der Waals surface area contributed by atoms with Gasteiger partial charge >= 0.3 is 6.18 Å². The molecule has 0 aromatic heterocycles. The van der Waals surface area contributed by atoms with Crippen molar-refractivity contribution >= 4 is 5.69 Å². The Morgan fingerprint density at radius 2 is 1.62 bits per heavy atom. The number of halogens is 5. The zero-order valence-corrected chi connectivity index (χ0v) is 11.1. The molecule has 0 radical (unpaired) electrons. The van der Waals surface area contributed by atoms with E-state index in [4.69, 9.17) is 0 Å². The zero-order chi connectivity index (χ0) is 15.6. The SMILES string of the molecule is Cc1ccc(F)c(NCc2ccc(F)c(C(F)(F)F)c2)c1. The van der Waals surface area contributed by atoms with E-state index in [1.807, 2.05) is 0 Å². The lowest BCUT2D eigenvalue weighted by atomic mass is 10.1. The van der Waals surface area contributed by atoms with Crippen molar-refractivity contribution in [3.8, 4) is 0 Å². The number of nitrogens with one attached hydrogen (secondary N) is 1. The predicted molar refractivity (Wildman–Crippen MR) is 69.9 cm³/mol. The molecule has 0 unspecified atom stereocenters. The van der Waals surface area contributed by atoms with Crippen LogP contribution in [-0.2, 0) is 12.7 Å². The predicted octanol–water partition coefficient (Wildman–Crippen LogP) is 4.90. The Balaban J connectivity index is 2.19. The van der Waals surface area contributed by atoms with E-state index in [0.29, 0.717) is 0 Å². The van der Waals surface area contributed by atoms with Gasteiger partial charge in [0.1, 0.15) is 11.6 Å². The van der Waals surface area contributed by atoms with Gasteiger partial charge in [-0.05, 0) is 42.3 Å². The minimum absolute atomic E-state index is 0.0380. The quantitative estimate of drug-likeness (QED) is 0.795. The Morgan fingerprint density at radius 1 is 0.952 bits per heavy atom. The van der Waals surface area contributed by atoms with Crippen molar-refractivity contribution in [1.82, 2.24) is 0 Å². The lowest BCUT2D eigenvalue weighted by Gasteiger charge is -2.12. The maximum absolute atomic E-state index is 13.5. The molecular formula is C15H12F5N. The highest BCUT2D eigenvalue weighted by atomic mass is 19.4. The maximum atomic E-state index is 13.5.